The Labute approximate surface area is 89.7 Å². The maximum atomic E-state index is 12.0. The molecular weight excluding hydrogens is 212 g/mol. The Morgan fingerprint density at radius 3 is 2.53 bits per heavy atom. The van der Waals surface area contributed by atoms with E-state index in [0.717, 1.165) is 5.69 Å². The van der Waals surface area contributed by atoms with Crippen LogP contribution in [0.5, 0.6) is 0 Å². The predicted molar refractivity (Wildman–Crippen MR) is 60.2 cm³/mol. The number of sulfonamides is 1. The van der Waals surface area contributed by atoms with Gasteiger partial charge in [0.05, 0.1) is 10.9 Å². The lowest BCUT2D eigenvalue weighted by Gasteiger charge is -2.18. The highest BCUT2D eigenvalue weighted by atomic mass is 32.2. The molecule has 5 heteroatoms. The highest BCUT2D eigenvalue weighted by molar-refractivity contribution is 7.93. The summed E-state index contributed by atoms with van der Waals surface area (Å²) < 4.78 is 25.4. The van der Waals surface area contributed by atoms with Crippen molar-refractivity contribution in [3.05, 3.63) is 30.3 Å². The van der Waals surface area contributed by atoms with Gasteiger partial charge in [-0.2, -0.15) is 0 Å². The first-order valence-electron chi connectivity index (χ1n) is 4.93. The van der Waals surface area contributed by atoms with Gasteiger partial charge in [-0.15, -0.1) is 0 Å². The zero-order valence-electron chi connectivity index (χ0n) is 8.33. The molecule has 1 saturated heterocycles. The third-order valence-corrected chi connectivity index (χ3v) is 4.97. The number of para-hydroxylation sites is 1. The van der Waals surface area contributed by atoms with Crippen molar-refractivity contribution >= 4 is 15.7 Å². The van der Waals surface area contributed by atoms with Crippen LogP contribution in [0.3, 0.4) is 0 Å². The molecule has 0 unspecified atom stereocenters. The SMILES string of the molecule is NC[C@@H]1CCN(c2ccccc2)S1(=O)=O. The lowest BCUT2D eigenvalue weighted by atomic mass is 10.3. The number of hydrogen-bond donors (Lipinski definition) is 1. The molecule has 1 fully saturated rings. The van der Waals surface area contributed by atoms with Crippen LogP contribution in [0.25, 0.3) is 0 Å². The minimum atomic E-state index is -3.22. The van der Waals surface area contributed by atoms with E-state index in [0.29, 0.717) is 13.0 Å². The molecule has 1 aliphatic heterocycles. The monoisotopic (exact) mass is 226 g/mol. The van der Waals surface area contributed by atoms with Crippen molar-refractivity contribution in [2.75, 3.05) is 17.4 Å². The van der Waals surface area contributed by atoms with Gasteiger partial charge in [-0.3, -0.25) is 4.31 Å². The highest BCUT2D eigenvalue weighted by Crippen LogP contribution is 2.27. The number of nitrogens with zero attached hydrogens (tertiary/aromatic N) is 1. The molecule has 0 aliphatic carbocycles. The van der Waals surface area contributed by atoms with Crippen molar-refractivity contribution < 1.29 is 8.42 Å². The van der Waals surface area contributed by atoms with E-state index in [1.807, 2.05) is 18.2 Å². The molecule has 1 atom stereocenters. The summed E-state index contributed by atoms with van der Waals surface area (Å²) in [7, 11) is -3.22. The normalized spacial score (nSPS) is 24.3. The van der Waals surface area contributed by atoms with Crippen LogP contribution in [0.4, 0.5) is 5.69 Å². The van der Waals surface area contributed by atoms with E-state index in [9.17, 15) is 8.42 Å². The van der Waals surface area contributed by atoms with Gasteiger partial charge in [-0.1, -0.05) is 18.2 Å². The standard InChI is InChI=1S/C10H14N2O2S/c11-8-10-6-7-12(15(10,13)14)9-4-2-1-3-5-9/h1-5,10H,6-8,11H2/t10-/m0/s1. The summed E-state index contributed by atoms with van der Waals surface area (Å²) >= 11 is 0. The van der Waals surface area contributed by atoms with Crippen molar-refractivity contribution in [3.63, 3.8) is 0 Å². The van der Waals surface area contributed by atoms with Crippen molar-refractivity contribution in [1.29, 1.82) is 0 Å². The van der Waals surface area contributed by atoms with E-state index < -0.39 is 15.3 Å². The van der Waals surface area contributed by atoms with E-state index in [-0.39, 0.29) is 6.54 Å². The molecule has 0 bridgehead atoms. The first kappa shape index (κ1) is 10.4. The molecule has 1 aromatic carbocycles. The summed E-state index contributed by atoms with van der Waals surface area (Å²) in [6, 6.07) is 9.14. The van der Waals surface area contributed by atoms with Crippen molar-refractivity contribution in [2.24, 2.45) is 5.73 Å². The Morgan fingerprint density at radius 2 is 2.00 bits per heavy atom. The molecule has 2 rings (SSSR count). The van der Waals surface area contributed by atoms with Gasteiger partial charge in [0.15, 0.2) is 0 Å². The van der Waals surface area contributed by atoms with Crippen LogP contribution >= 0.6 is 0 Å². The topological polar surface area (TPSA) is 63.4 Å². The van der Waals surface area contributed by atoms with Crippen molar-refractivity contribution in [2.45, 2.75) is 11.7 Å². The van der Waals surface area contributed by atoms with Crippen LogP contribution in [0.15, 0.2) is 30.3 Å². The molecule has 1 aromatic rings. The molecule has 0 amide bonds. The molecule has 4 nitrogen and oxygen atoms in total. The minimum absolute atomic E-state index is 0.200. The third kappa shape index (κ3) is 1.72. The molecule has 0 radical (unpaired) electrons. The second-order valence-electron chi connectivity index (χ2n) is 3.60. The van der Waals surface area contributed by atoms with Crippen molar-refractivity contribution in [1.82, 2.24) is 0 Å². The minimum Gasteiger partial charge on any atom is -0.329 e. The quantitative estimate of drug-likeness (QED) is 0.801. The molecule has 1 heterocycles. The highest BCUT2D eigenvalue weighted by Gasteiger charge is 2.37. The predicted octanol–water partition coefficient (Wildman–Crippen LogP) is 0.554. The molecule has 15 heavy (non-hydrogen) atoms. The number of rotatable bonds is 2. The lowest BCUT2D eigenvalue weighted by molar-refractivity contribution is 0.588. The fourth-order valence-electron chi connectivity index (χ4n) is 1.83. The summed E-state index contributed by atoms with van der Waals surface area (Å²) in [5.41, 5.74) is 6.17. The average molecular weight is 226 g/mol. The average Bonchev–Trinajstić information content (AvgIpc) is 2.54. The molecule has 0 aromatic heterocycles. The van der Waals surface area contributed by atoms with Gasteiger partial charge in [-0.05, 0) is 18.6 Å². The van der Waals surface area contributed by atoms with Gasteiger partial charge in [-0.25, -0.2) is 8.42 Å². The Hall–Kier alpha value is -1.07. The first-order valence-corrected chi connectivity index (χ1v) is 6.43. The Balaban J connectivity index is 2.34. The molecule has 0 spiro atoms. The largest absolute Gasteiger partial charge is 0.329 e. The summed E-state index contributed by atoms with van der Waals surface area (Å²) in [4.78, 5) is 0. The van der Waals surface area contributed by atoms with Crippen LogP contribution in [0.1, 0.15) is 6.42 Å². The van der Waals surface area contributed by atoms with Crippen LogP contribution in [-0.4, -0.2) is 26.8 Å². The maximum Gasteiger partial charge on any atom is 0.239 e. The molecule has 0 saturated carbocycles. The molecule has 2 N–H and O–H groups in total. The van der Waals surface area contributed by atoms with Crippen molar-refractivity contribution in [3.8, 4) is 0 Å². The lowest BCUT2D eigenvalue weighted by Crippen LogP contribution is -2.33. The first-order chi connectivity index (χ1) is 7.16. The Kier molecular flexibility index (Phi) is 2.67. The Morgan fingerprint density at radius 1 is 1.33 bits per heavy atom. The number of benzene rings is 1. The second-order valence-corrected chi connectivity index (χ2v) is 5.74. The molecular formula is C10H14N2O2S. The van der Waals surface area contributed by atoms with E-state index in [1.54, 1.807) is 12.1 Å². The maximum absolute atomic E-state index is 12.0. The summed E-state index contributed by atoms with van der Waals surface area (Å²) in [5, 5.41) is -0.419. The molecule has 82 valence electrons. The number of nitrogens with two attached hydrogens (primary N) is 1. The molecule has 1 aliphatic rings. The van der Waals surface area contributed by atoms with Gasteiger partial charge in [0.2, 0.25) is 10.0 Å². The van der Waals surface area contributed by atoms with E-state index in [1.165, 1.54) is 4.31 Å². The fourth-order valence-corrected chi connectivity index (χ4v) is 3.61. The fraction of sp³-hybridized carbons (Fsp3) is 0.400. The smallest absolute Gasteiger partial charge is 0.239 e. The number of hydrogen-bond acceptors (Lipinski definition) is 3. The van der Waals surface area contributed by atoms with Gasteiger partial charge < -0.3 is 5.73 Å². The van der Waals surface area contributed by atoms with Gasteiger partial charge in [0.25, 0.3) is 0 Å². The zero-order valence-corrected chi connectivity index (χ0v) is 9.15. The van der Waals surface area contributed by atoms with E-state index in [2.05, 4.69) is 0 Å². The van der Waals surface area contributed by atoms with E-state index >= 15 is 0 Å². The van der Waals surface area contributed by atoms with Gasteiger partial charge >= 0.3 is 0 Å². The summed E-state index contributed by atoms with van der Waals surface area (Å²) in [5.74, 6) is 0. The van der Waals surface area contributed by atoms with Gasteiger partial charge in [0, 0.05) is 13.1 Å². The van der Waals surface area contributed by atoms with Gasteiger partial charge in [0.1, 0.15) is 0 Å². The second kappa shape index (κ2) is 3.83. The summed E-state index contributed by atoms with van der Waals surface area (Å²) in [6.07, 6.45) is 0.619. The van der Waals surface area contributed by atoms with Crippen LogP contribution in [0.2, 0.25) is 0 Å². The van der Waals surface area contributed by atoms with Crippen LogP contribution in [0, 0.1) is 0 Å². The third-order valence-electron chi connectivity index (χ3n) is 2.69. The Bertz CT molecular complexity index is 430. The number of anilines is 1. The summed E-state index contributed by atoms with van der Waals surface area (Å²) in [6.45, 7) is 0.736. The van der Waals surface area contributed by atoms with E-state index in [4.69, 9.17) is 5.73 Å². The van der Waals surface area contributed by atoms with Crippen LogP contribution in [-0.2, 0) is 10.0 Å². The van der Waals surface area contributed by atoms with Crippen LogP contribution < -0.4 is 10.0 Å². The zero-order chi connectivity index (χ0) is 10.9.